The number of hydrogen-bond donors (Lipinski definition) is 1. The van der Waals surface area contributed by atoms with Gasteiger partial charge in [0.05, 0.1) is 6.54 Å². The van der Waals surface area contributed by atoms with Crippen LogP contribution in [-0.4, -0.2) is 33.0 Å². The number of hydrogen-bond acceptors (Lipinski definition) is 3. The maximum absolute atomic E-state index is 13.4. The zero-order valence-electron chi connectivity index (χ0n) is 15.4. The fourth-order valence-electron chi connectivity index (χ4n) is 3.23. The van der Waals surface area contributed by atoms with Crippen LogP contribution in [0.2, 0.25) is 0 Å². The zero-order chi connectivity index (χ0) is 20.4. The number of fused-ring (bicyclic) bond motifs is 1. The molecule has 4 rings (SSSR count). The van der Waals surface area contributed by atoms with Crippen molar-refractivity contribution in [3.05, 3.63) is 88.7 Å². The molecule has 1 aromatic heterocycles. The summed E-state index contributed by atoms with van der Waals surface area (Å²) in [5.41, 5.74) is 1.91. The second-order valence-electron chi connectivity index (χ2n) is 6.80. The second kappa shape index (κ2) is 7.83. The molecule has 0 atom stereocenters. The van der Waals surface area contributed by atoms with E-state index in [0.29, 0.717) is 24.3 Å². The number of benzene rings is 2. The van der Waals surface area contributed by atoms with Gasteiger partial charge >= 0.3 is 0 Å². The first-order chi connectivity index (χ1) is 14.0. The quantitative estimate of drug-likeness (QED) is 0.721. The molecule has 3 aromatic rings. The molecule has 8 heteroatoms. The lowest BCUT2D eigenvalue weighted by atomic mass is 10.2. The fraction of sp³-hybridized carbons (Fsp3) is 0.190. The van der Waals surface area contributed by atoms with Crippen LogP contribution in [-0.2, 0) is 19.6 Å². The SMILES string of the molecule is O=C(NCc1ccc(F)cc1)c1cc2n(n1)CCN(Cc1cccc(F)c1)C2=O. The molecular formula is C21H18F2N4O2. The third-order valence-electron chi connectivity index (χ3n) is 4.73. The van der Waals surface area contributed by atoms with E-state index in [2.05, 4.69) is 10.4 Å². The third kappa shape index (κ3) is 4.16. The normalized spacial score (nSPS) is 13.3. The number of halogens is 2. The van der Waals surface area contributed by atoms with Gasteiger partial charge < -0.3 is 10.2 Å². The van der Waals surface area contributed by atoms with E-state index in [1.165, 1.54) is 35.0 Å². The van der Waals surface area contributed by atoms with Crippen molar-refractivity contribution < 1.29 is 18.4 Å². The Hall–Kier alpha value is -3.55. The molecular weight excluding hydrogens is 378 g/mol. The first-order valence-corrected chi connectivity index (χ1v) is 9.14. The standard InChI is InChI=1S/C21H18F2N4O2/c22-16-6-4-14(5-7-16)12-24-20(28)18-11-19-21(29)26(8-9-27(19)25-18)13-15-2-1-3-17(23)10-15/h1-7,10-11H,8-9,12-13H2,(H,24,28). The molecule has 0 radical (unpaired) electrons. The van der Waals surface area contributed by atoms with Crippen molar-refractivity contribution in [3.63, 3.8) is 0 Å². The van der Waals surface area contributed by atoms with E-state index in [1.807, 2.05) is 0 Å². The van der Waals surface area contributed by atoms with Crippen LogP contribution in [0.4, 0.5) is 8.78 Å². The van der Waals surface area contributed by atoms with E-state index in [-0.39, 0.29) is 36.3 Å². The lowest BCUT2D eigenvalue weighted by Gasteiger charge is -2.27. The molecule has 148 valence electrons. The summed E-state index contributed by atoms with van der Waals surface area (Å²) in [6, 6.07) is 13.4. The number of aromatic nitrogens is 2. The number of nitrogens with one attached hydrogen (secondary N) is 1. The van der Waals surface area contributed by atoms with Gasteiger partial charge in [0.2, 0.25) is 0 Å². The molecule has 0 fully saturated rings. The number of rotatable bonds is 5. The predicted octanol–water partition coefficient (Wildman–Crippen LogP) is 2.75. The highest BCUT2D eigenvalue weighted by molar-refractivity contribution is 5.98. The first kappa shape index (κ1) is 18.8. The molecule has 1 aliphatic rings. The Morgan fingerprint density at radius 1 is 1.00 bits per heavy atom. The van der Waals surface area contributed by atoms with Gasteiger partial charge in [0.1, 0.15) is 17.3 Å². The topological polar surface area (TPSA) is 67.2 Å². The summed E-state index contributed by atoms with van der Waals surface area (Å²) in [5.74, 6) is -1.37. The zero-order valence-corrected chi connectivity index (χ0v) is 15.4. The Morgan fingerprint density at radius 3 is 2.55 bits per heavy atom. The van der Waals surface area contributed by atoms with Crippen LogP contribution in [0.1, 0.15) is 32.1 Å². The van der Waals surface area contributed by atoms with E-state index in [9.17, 15) is 18.4 Å². The van der Waals surface area contributed by atoms with Crippen LogP contribution in [0.25, 0.3) is 0 Å². The van der Waals surface area contributed by atoms with Gasteiger partial charge in [-0.05, 0) is 35.4 Å². The third-order valence-corrected chi connectivity index (χ3v) is 4.73. The highest BCUT2D eigenvalue weighted by Crippen LogP contribution is 2.17. The van der Waals surface area contributed by atoms with Crippen molar-refractivity contribution in [2.24, 2.45) is 0 Å². The summed E-state index contributed by atoms with van der Waals surface area (Å²) >= 11 is 0. The molecule has 0 bridgehead atoms. The van der Waals surface area contributed by atoms with Gasteiger partial charge in [-0.1, -0.05) is 24.3 Å². The minimum atomic E-state index is -0.416. The largest absolute Gasteiger partial charge is 0.347 e. The molecule has 0 aliphatic carbocycles. The van der Waals surface area contributed by atoms with Crippen molar-refractivity contribution in [2.75, 3.05) is 6.54 Å². The van der Waals surface area contributed by atoms with Gasteiger partial charge in [-0.15, -0.1) is 0 Å². The Balaban J connectivity index is 1.43. The molecule has 2 aromatic carbocycles. The second-order valence-corrected chi connectivity index (χ2v) is 6.80. The molecule has 0 saturated carbocycles. The van der Waals surface area contributed by atoms with E-state index in [0.717, 1.165) is 5.56 Å². The molecule has 0 unspecified atom stereocenters. The maximum atomic E-state index is 13.4. The van der Waals surface area contributed by atoms with Gasteiger partial charge in [-0.3, -0.25) is 14.3 Å². The van der Waals surface area contributed by atoms with E-state index in [4.69, 9.17) is 0 Å². The number of carbonyl (C=O) groups excluding carboxylic acids is 2. The van der Waals surface area contributed by atoms with Gasteiger partial charge in [0, 0.05) is 25.7 Å². The Morgan fingerprint density at radius 2 is 1.79 bits per heavy atom. The van der Waals surface area contributed by atoms with Gasteiger partial charge in [-0.25, -0.2) is 8.78 Å². The summed E-state index contributed by atoms with van der Waals surface area (Å²) in [4.78, 5) is 26.8. The van der Waals surface area contributed by atoms with Crippen LogP contribution in [0.5, 0.6) is 0 Å². The molecule has 0 spiro atoms. The molecule has 2 heterocycles. The fourth-order valence-corrected chi connectivity index (χ4v) is 3.23. The van der Waals surface area contributed by atoms with Crippen LogP contribution in [0.15, 0.2) is 54.6 Å². The van der Waals surface area contributed by atoms with Gasteiger partial charge in [0.25, 0.3) is 11.8 Å². The highest BCUT2D eigenvalue weighted by Gasteiger charge is 2.28. The molecule has 2 amide bonds. The smallest absolute Gasteiger partial charge is 0.272 e. The minimum Gasteiger partial charge on any atom is -0.347 e. The number of nitrogens with zero attached hydrogens (tertiary/aromatic N) is 3. The average molecular weight is 396 g/mol. The average Bonchev–Trinajstić information content (AvgIpc) is 3.15. The maximum Gasteiger partial charge on any atom is 0.272 e. The van der Waals surface area contributed by atoms with E-state index >= 15 is 0 Å². The molecule has 1 N–H and O–H groups in total. The summed E-state index contributed by atoms with van der Waals surface area (Å²) in [7, 11) is 0. The predicted molar refractivity (Wildman–Crippen MR) is 101 cm³/mol. The molecule has 29 heavy (non-hydrogen) atoms. The van der Waals surface area contributed by atoms with Crippen molar-refractivity contribution >= 4 is 11.8 Å². The number of amides is 2. The van der Waals surface area contributed by atoms with Crippen LogP contribution in [0.3, 0.4) is 0 Å². The van der Waals surface area contributed by atoms with Crippen molar-refractivity contribution in [1.82, 2.24) is 20.0 Å². The molecule has 1 aliphatic heterocycles. The summed E-state index contributed by atoms with van der Waals surface area (Å²) in [5, 5.41) is 6.93. The van der Waals surface area contributed by atoms with Crippen LogP contribution in [0, 0.1) is 11.6 Å². The lowest BCUT2D eigenvalue weighted by molar-refractivity contribution is 0.0682. The van der Waals surface area contributed by atoms with Crippen molar-refractivity contribution in [1.29, 1.82) is 0 Å². The Bertz CT molecular complexity index is 1060. The lowest BCUT2D eigenvalue weighted by Crippen LogP contribution is -2.39. The Labute approximate surface area is 165 Å². The van der Waals surface area contributed by atoms with Crippen molar-refractivity contribution in [2.45, 2.75) is 19.6 Å². The first-order valence-electron chi connectivity index (χ1n) is 9.14. The monoisotopic (exact) mass is 396 g/mol. The van der Waals surface area contributed by atoms with E-state index < -0.39 is 5.91 Å². The highest BCUT2D eigenvalue weighted by atomic mass is 19.1. The molecule has 0 saturated heterocycles. The summed E-state index contributed by atoms with van der Waals surface area (Å²) < 4.78 is 27.8. The minimum absolute atomic E-state index is 0.142. The molecule has 6 nitrogen and oxygen atoms in total. The summed E-state index contributed by atoms with van der Waals surface area (Å²) in [6.45, 7) is 1.37. The van der Waals surface area contributed by atoms with Gasteiger partial charge in [0.15, 0.2) is 5.69 Å². The van der Waals surface area contributed by atoms with Gasteiger partial charge in [-0.2, -0.15) is 5.10 Å². The van der Waals surface area contributed by atoms with Crippen LogP contribution < -0.4 is 5.32 Å². The Kier molecular flexibility index (Phi) is 5.07. The van der Waals surface area contributed by atoms with E-state index in [1.54, 1.807) is 29.2 Å². The van der Waals surface area contributed by atoms with Crippen LogP contribution >= 0.6 is 0 Å². The number of carbonyl (C=O) groups is 2. The van der Waals surface area contributed by atoms with Crippen molar-refractivity contribution in [3.8, 4) is 0 Å². The summed E-state index contributed by atoms with van der Waals surface area (Å²) in [6.07, 6.45) is 0.